The van der Waals surface area contributed by atoms with Crippen molar-refractivity contribution in [2.45, 2.75) is 33.6 Å². The van der Waals surface area contributed by atoms with Crippen molar-refractivity contribution in [1.82, 2.24) is 24.5 Å². The minimum Gasteiger partial charge on any atom is -0.493 e. The fourth-order valence-corrected chi connectivity index (χ4v) is 3.12. The molecule has 0 bridgehead atoms. The minimum atomic E-state index is -0.223. The van der Waals surface area contributed by atoms with Crippen LogP contribution in [-0.4, -0.2) is 38.7 Å². The van der Waals surface area contributed by atoms with E-state index in [1.54, 1.807) is 25.4 Å². The second-order valence-electron chi connectivity index (χ2n) is 7.03. The van der Waals surface area contributed by atoms with Crippen molar-refractivity contribution in [1.29, 1.82) is 0 Å². The Labute approximate surface area is 174 Å². The van der Waals surface area contributed by atoms with Gasteiger partial charge in [0.1, 0.15) is 17.2 Å². The van der Waals surface area contributed by atoms with Crippen LogP contribution in [0.1, 0.15) is 37.5 Å². The van der Waals surface area contributed by atoms with E-state index in [9.17, 15) is 4.79 Å². The van der Waals surface area contributed by atoms with E-state index in [1.165, 1.54) is 13.5 Å². The SMILES string of the molecule is CCC.COc1cc2nc(Cc3cnc4c(c3)nc(C)n4C)[nH]c(=O)c2cc1OC. The lowest BCUT2D eigenvalue weighted by Gasteiger charge is -2.09. The summed E-state index contributed by atoms with van der Waals surface area (Å²) < 4.78 is 12.5. The molecule has 0 aliphatic heterocycles. The van der Waals surface area contributed by atoms with Gasteiger partial charge in [-0.2, -0.15) is 0 Å². The molecule has 0 saturated heterocycles. The van der Waals surface area contributed by atoms with Gasteiger partial charge in [-0.1, -0.05) is 20.3 Å². The highest BCUT2D eigenvalue weighted by Gasteiger charge is 2.12. The molecule has 30 heavy (non-hydrogen) atoms. The first-order valence-electron chi connectivity index (χ1n) is 9.84. The van der Waals surface area contributed by atoms with Gasteiger partial charge in [-0.05, 0) is 24.6 Å². The summed E-state index contributed by atoms with van der Waals surface area (Å²) in [6.45, 7) is 6.19. The highest BCUT2D eigenvalue weighted by Crippen LogP contribution is 2.30. The number of hydrogen-bond acceptors (Lipinski definition) is 6. The Kier molecular flexibility index (Phi) is 6.34. The van der Waals surface area contributed by atoms with Crippen LogP contribution in [0, 0.1) is 6.92 Å². The molecule has 8 nitrogen and oxygen atoms in total. The quantitative estimate of drug-likeness (QED) is 0.554. The number of aryl methyl sites for hydroxylation is 2. The fraction of sp³-hybridized carbons (Fsp3) is 0.364. The van der Waals surface area contributed by atoms with Gasteiger partial charge >= 0.3 is 0 Å². The predicted molar refractivity (Wildman–Crippen MR) is 117 cm³/mol. The highest BCUT2D eigenvalue weighted by molar-refractivity contribution is 5.82. The van der Waals surface area contributed by atoms with Crippen LogP contribution < -0.4 is 15.0 Å². The summed E-state index contributed by atoms with van der Waals surface area (Å²) in [6.07, 6.45) is 3.47. The number of methoxy groups -OCH3 is 2. The molecule has 0 unspecified atom stereocenters. The standard InChI is InChI=1S/C19H19N5O3.C3H8/c1-10-21-14-5-11(9-20-18(14)24(10)2)6-17-22-13-8-16(27-4)15(26-3)7-12(13)19(25)23-17;1-3-2/h5,7-9H,6H2,1-4H3,(H,22,23,25);3H2,1-2H3. The molecule has 1 N–H and O–H groups in total. The number of fused-ring (bicyclic) bond motifs is 2. The molecule has 4 aromatic rings. The number of hydrogen-bond donors (Lipinski definition) is 1. The van der Waals surface area contributed by atoms with Gasteiger partial charge in [-0.15, -0.1) is 0 Å². The highest BCUT2D eigenvalue weighted by atomic mass is 16.5. The van der Waals surface area contributed by atoms with Gasteiger partial charge in [0, 0.05) is 25.7 Å². The number of nitrogens with zero attached hydrogens (tertiary/aromatic N) is 4. The average Bonchev–Trinajstić information content (AvgIpc) is 3.00. The van der Waals surface area contributed by atoms with Gasteiger partial charge in [-0.3, -0.25) is 4.79 Å². The van der Waals surface area contributed by atoms with Crippen molar-refractivity contribution in [2.24, 2.45) is 7.05 Å². The lowest BCUT2D eigenvalue weighted by Crippen LogP contribution is -2.12. The summed E-state index contributed by atoms with van der Waals surface area (Å²) in [5, 5.41) is 0.449. The largest absolute Gasteiger partial charge is 0.493 e. The van der Waals surface area contributed by atoms with Crippen molar-refractivity contribution in [3.8, 4) is 11.5 Å². The summed E-state index contributed by atoms with van der Waals surface area (Å²) in [7, 11) is 5.01. The average molecular weight is 409 g/mol. The van der Waals surface area contributed by atoms with E-state index in [4.69, 9.17) is 9.47 Å². The van der Waals surface area contributed by atoms with Crippen LogP contribution in [-0.2, 0) is 13.5 Å². The molecule has 158 valence electrons. The Morgan fingerprint density at radius 3 is 2.37 bits per heavy atom. The number of ether oxygens (including phenoxy) is 2. The van der Waals surface area contributed by atoms with E-state index in [-0.39, 0.29) is 5.56 Å². The van der Waals surface area contributed by atoms with E-state index < -0.39 is 0 Å². The van der Waals surface area contributed by atoms with E-state index in [0.29, 0.717) is 34.6 Å². The van der Waals surface area contributed by atoms with Gasteiger partial charge < -0.3 is 19.0 Å². The smallest absolute Gasteiger partial charge is 0.258 e. The maximum absolute atomic E-state index is 12.5. The van der Waals surface area contributed by atoms with E-state index in [1.807, 2.05) is 24.6 Å². The molecule has 3 heterocycles. The van der Waals surface area contributed by atoms with Crippen LogP contribution in [0.3, 0.4) is 0 Å². The van der Waals surface area contributed by atoms with Crippen molar-refractivity contribution in [2.75, 3.05) is 14.2 Å². The second kappa shape index (κ2) is 8.94. The first kappa shape index (κ1) is 21.3. The topological polar surface area (TPSA) is 94.9 Å². The van der Waals surface area contributed by atoms with Crippen molar-refractivity contribution >= 4 is 22.1 Å². The van der Waals surface area contributed by atoms with Gasteiger partial charge in [0.15, 0.2) is 17.1 Å². The molecule has 1 aromatic carbocycles. The monoisotopic (exact) mass is 409 g/mol. The Morgan fingerprint density at radius 2 is 1.70 bits per heavy atom. The summed E-state index contributed by atoms with van der Waals surface area (Å²) in [4.78, 5) is 28.9. The van der Waals surface area contributed by atoms with Crippen LogP contribution in [0.25, 0.3) is 22.1 Å². The third kappa shape index (κ3) is 4.12. The zero-order chi connectivity index (χ0) is 21.8. The molecular formula is C22H27N5O3. The molecule has 4 rings (SSSR count). The maximum Gasteiger partial charge on any atom is 0.258 e. The third-order valence-electron chi connectivity index (χ3n) is 4.62. The van der Waals surface area contributed by atoms with Crippen molar-refractivity contribution in [3.05, 3.63) is 52.0 Å². The van der Waals surface area contributed by atoms with E-state index >= 15 is 0 Å². The summed E-state index contributed by atoms with van der Waals surface area (Å²) in [5.74, 6) is 2.47. The maximum atomic E-state index is 12.5. The number of rotatable bonds is 4. The Bertz CT molecular complexity index is 1240. The van der Waals surface area contributed by atoms with Crippen molar-refractivity contribution in [3.63, 3.8) is 0 Å². The van der Waals surface area contributed by atoms with Crippen LogP contribution in [0.15, 0.2) is 29.2 Å². The minimum absolute atomic E-state index is 0.223. The Hall–Kier alpha value is -3.42. The molecule has 0 amide bonds. The molecule has 3 aromatic heterocycles. The van der Waals surface area contributed by atoms with E-state index in [2.05, 4.69) is 33.8 Å². The van der Waals surface area contributed by atoms with Crippen LogP contribution in [0.5, 0.6) is 11.5 Å². The fourth-order valence-electron chi connectivity index (χ4n) is 3.12. The molecule has 0 fully saturated rings. The van der Waals surface area contributed by atoms with Crippen LogP contribution in [0.2, 0.25) is 0 Å². The van der Waals surface area contributed by atoms with Gasteiger partial charge in [0.05, 0.1) is 25.1 Å². The van der Waals surface area contributed by atoms with Gasteiger partial charge in [-0.25, -0.2) is 15.0 Å². The van der Waals surface area contributed by atoms with Gasteiger partial charge in [0.2, 0.25) is 0 Å². The number of aromatic nitrogens is 5. The molecule has 0 aliphatic carbocycles. The summed E-state index contributed by atoms with van der Waals surface area (Å²) >= 11 is 0. The first-order chi connectivity index (χ1) is 14.4. The number of nitrogens with one attached hydrogen (secondary N) is 1. The number of pyridine rings is 1. The predicted octanol–water partition coefficient (Wildman–Crippen LogP) is 3.54. The zero-order valence-corrected chi connectivity index (χ0v) is 18.2. The Balaban J connectivity index is 0.000000806. The lowest BCUT2D eigenvalue weighted by molar-refractivity contribution is 0.355. The number of H-pyrrole nitrogens is 1. The third-order valence-corrected chi connectivity index (χ3v) is 4.62. The van der Waals surface area contributed by atoms with Crippen LogP contribution in [0.4, 0.5) is 0 Å². The Morgan fingerprint density at radius 1 is 1.03 bits per heavy atom. The number of aromatic amines is 1. The normalized spacial score (nSPS) is 10.7. The molecule has 0 spiro atoms. The first-order valence-corrected chi connectivity index (χ1v) is 9.84. The van der Waals surface area contributed by atoms with E-state index in [0.717, 1.165) is 22.6 Å². The number of benzene rings is 1. The summed E-state index contributed by atoms with van der Waals surface area (Å²) in [6, 6.07) is 5.30. The molecular weight excluding hydrogens is 382 g/mol. The molecule has 8 heteroatoms. The number of imidazole rings is 1. The van der Waals surface area contributed by atoms with Crippen LogP contribution >= 0.6 is 0 Å². The van der Waals surface area contributed by atoms with Gasteiger partial charge in [0.25, 0.3) is 5.56 Å². The van der Waals surface area contributed by atoms with Crippen molar-refractivity contribution < 1.29 is 9.47 Å². The molecule has 0 radical (unpaired) electrons. The molecule has 0 atom stereocenters. The zero-order valence-electron chi connectivity index (χ0n) is 18.2. The summed E-state index contributed by atoms with van der Waals surface area (Å²) in [5.41, 5.74) is 2.89. The second-order valence-corrected chi connectivity index (χ2v) is 7.03. The molecule has 0 aliphatic rings. The lowest BCUT2D eigenvalue weighted by atomic mass is 10.1. The molecule has 0 saturated carbocycles.